The standard InChI is InChI=1S/C13H21N3O/c1-10(14)4-3-5-13(17)16-11(2)12-6-8-15-9-7-12/h6-11H,3-5,14H2,1-2H3,(H,16,17)/t10?,11-/m1/s1. The van der Waals surface area contributed by atoms with E-state index in [0.717, 1.165) is 18.4 Å². The number of hydrogen-bond acceptors (Lipinski definition) is 3. The van der Waals surface area contributed by atoms with E-state index in [9.17, 15) is 4.79 Å². The Balaban J connectivity index is 2.31. The van der Waals surface area contributed by atoms with Crippen molar-refractivity contribution in [3.05, 3.63) is 30.1 Å². The molecule has 1 amide bonds. The van der Waals surface area contributed by atoms with Crippen molar-refractivity contribution in [1.29, 1.82) is 0 Å². The molecule has 0 aliphatic rings. The maximum Gasteiger partial charge on any atom is 0.220 e. The minimum atomic E-state index is 0.0285. The number of carbonyl (C=O) groups is 1. The third-order valence-corrected chi connectivity index (χ3v) is 2.65. The van der Waals surface area contributed by atoms with Crippen molar-refractivity contribution in [2.75, 3.05) is 0 Å². The Labute approximate surface area is 103 Å². The molecule has 4 nitrogen and oxygen atoms in total. The van der Waals surface area contributed by atoms with Crippen molar-refractivity contribution in [3.8, 4) is 0 Å². The second-order valence-electron chi connectivity index (χ2n) is 4.44. The van der Waals surface area contributed by atoms with Crippen LogP contribution in [0, 0.1) is 0 Å². The van der Waals surface area contributed by atoms with Gasteiger partial charge in [-0.1, -0.05) is 0 Å². The lowest BCUT2D eigenvalue weighted by molar-refractivity contribution is -0.121. The Morgan fingerprint density at radius 1 is 1.41 bits per heavy atom. The zero-order valence-corrected chi connectivity index (χ0v) is 10.5. The molecule has 2 atom stereocenters. The Morgan fingerprint density at radius 2 is 2.06 bits per heavy atom. The Kier molecular flexibility index (Phi) is 5.63. The van der Waals surface area contributed by atoms with E-state index >= 15 is 0 Å². The summed E-state index contributed by atoms with van der Waals surface area (Å²) >= 11 is 0. The molecule has 0 saturated heterocycles. The Bertz CT molecular complexity index is 338. The van der Waals surface area contributed by atoms with Gasteiger partial charge in [0, 0.05) is 24.9 Å². The topological polar surface area (TPSA) is 68.0 Å². The van der Waals surface area contributed by atoms with E-state index in [1.165, 1.54) is 0 Å². The van der Waals surface area contributed by atoms with E-state index in [2.05, 4.69) is 10.3 Å². The predicted molar refractivity (Wildman–Crippen MR) is 68.3 cm³/mol. The quantitative estimate of drug-likeness (QED) is 0.789. The highest BCUT2D eigenvalue weighted by Crippen LogP contribution is 2.10. The van der Waals surface area contributed by atoms with Crippen LogP contribution in [0.4, 0.5) is 0 Å². The first kappa shape index (κ1) is 13.6. The van der Waals surface area contributed by atoms with Crippen LogP contribution in [0.15, 0.2) is 24.5 Å². The minimum absolute atomic E-state index is 0.0285. The fourth-order valence-electron chi connectivity index (χ4n) is 1.63. The van der Waals surface area contributed by atoms with Crippen LogP contribution in [0.5, 0.6) is 0 Å². The molecule has 94 valence electrons. The molecule has 1 aromatic rings. The summed E-state index contributed by atoms with van der Waals surface area (Å²) in [6.45, 7) is 3.93. The molecular weight excluding hydrogens is 214 g/mol. The number of pyridine rings is 1. The number of carbonyl (C=O) groups excluding carboxylic acids is 1. The van der Waals surface area contributed by atoms with Gasteiger partial charge in [0.2, 0.25) is 5.91 Å². The highest BCUT2D eigenvalue weighted by molar-refractivity contribution is 5.76. The third-order valence-electron chi connectivity index (χ3n) is 2.65. The predicted octanol–water partition coefficient (Wildman–Crippen LogP) is 1.78. The van der Waals surface area contributed by atoms with Crippen LogP contribution in [0.3, 0.4) is 0 Å². The molecule has 0 radical (unpaired) electrons. The lowest BCUT2D eigenvalue weighted by Crippen LogP contribution is -2.26. The SMILES string of the molecule is CC(N)CCCC(=O)N[C@H](C)c1ccncc1. The number of nitrogens with one attached hydrogen (secondary N) is 1. The molecule has 1 rings (SSSR count). The molecule has 0 aliphatic heterocycles. The van der Waals surface area contributed by atoms with Gasteiger partial charge in [0.25, 0.3) is 0 Å². The first-order chi connectivity index (χ1) is 8.09. The maximum absolute atomic E-state index is 11.6. The molecule has 17 heavy (non-hydrogen) atoms. The fourth-order valence-corrected chi connectivity index (χ4v) is 1.63. The number of nitrogens with zero attached hydrogens (tertiary/aromatic N) is 1. The molecule has 1 unspecified atom stereocenters. The van der Waals surface area contributed by atoms with Crippen LogP contribution in [-0.2, 0) is 4.79 Å². The second kappa shape index (κ2) is 7.01. The molecule has 1 aromatic heterocycles. The molecule has 0 aliphatic carbocycles. The van der Waals surface area contributed by atoms with Gasteiger partial charge in [-0.15, -0.1) is 0 Å². The van der Waals surface area contributed by atoms with E-state index in [-0.39, 0.29) is 18.0 Å². The molecule has 4 heteroatoms. The molecular formula is C13H21N3O. The largest absolute Gasteiger partial charge is 0.350 e. The average Bonchev–Trinajstić information content (AvgIpc) is 2.29. The van der Waals surface area contributed by atoms with Crippen LogP contribution in [0.25, 0.3) is 0 Å². The number of amides is 1. The summed E-state index contributed by atoms with van der Waals surface area (Å²) in [7, 11) is 0. The van der Waals surface area contributed by atoms with E-state index in [0.29, 0.717) is 6.42 Å². The first-order valence-corrected chi connectivity index (χ1v) is 6.04. The Morgan fingerprint density at radius 3 is 2.65 bits per heavy atom. The van der Waals surface area contributed by atoms with Gasteiger partial charge < -0.3 is 11.1 Å². The van der Waals surface area contributed by atoms with Gasteiger partial charge in [0.05, 0.1) is 6.04 Å². The van der Waals surface area contributed by atoms with Crippen LogP contribution in [-0.4, -0.2) is 16.9 Å². The minimum Gasteiger partial charge on any atom is -0.350 e. The summed E-state index contributed by atoms with van der Waals surface area (Å²) in [4.78, 5) is 15.6. The number of nitrogens with two attached hydrogens (primary N) is 1. The van der Waals surface area contributed by atoms with E-state index in [1.54, 1.807) is 12.4 Å². The monoisotopic (exact) mass is 235 g/mol. The lowest BCUT2D eigenvalue weighted by atomic mass is 10.1. The number of hydrogen-bond donors (Lipinski definition) is 2. The Hall–Kier alpha value is -1.42. The summed E-state index contributed by atoms with van der Waals surface area (Å²) in [6, 6.07) is 4.01. The molecule has 3 N–H and O–H groups in total. The van der Waals surface area contributed by atoms with Crippen LogP contribution in [0.1, 0.15) is 44.7 Å². The van der Waals surface area contributed by atoms with Crippen LogP contribution in [0.2, 0.25) is 0 Å². The molecule has 0 saturated carbocycles. The van der Waals surface area contributed by atoms with Crippen molar-refractivity contribution < 1.29 is 4.79 Å². The van der Waals surface area contributed by atoms with Crippen molar-refractivity contribution in [2.24, 2.45) is 5.73 Å². The highest BCUT2D eigenvalue weighted by atomic mass is 16.1. The van der Waals surface area contributed by atoms with Crippen LogP contribution >= 0.6 is 0 Å². The molecule has 0 fully saturated rings. The van der Waals surface area contributed by atoms with E-state index < -0.39 is 0 Å². The van der Waals surface area contributed by atoms with Gasteiger partial charge in [0.1, 0.15) is 0 Å². The zero-order valence-electron chi connectivity index (χ0n) is 10.5. The third kappa shape index (κ3) is 5.45. The normalized spacial score (nSPS) is 14.1. The average molecular weight is 235 g/mol. The molecule has 1 heterocycles. The van der Waals surface area contributed by atoms with Crippen molar-refractivity contribution >= 4 is 5.91 Å². The van der Waals surface area contributed by atoms with Gasteiger partial charge in [-0.25, -0.2) is 0 Å². The summed E-state index contributed by atoms with van der Waals surface area (Å²) in [6.07, 6.45) is 5.72. The van der Waals surface area contributed by atoms with Crippen LogP contribution < -0.4 is 11.1 Å². The summed E-state index contributed by atoms with van der Waals surface area (Å²) < 4.78 is 0. The molecule has 0 aromatic carbocycles. The highest BCUT2D eigenvalue weighted by Gasteiger charge is 2.09. The van der Waals surface area contributed by atoms with Gasteiger partial charge in [0.15, 0.2) is 0 Å². The summed E-state index contributed by atoms with van der Waals surface area (Å²) in [5, 5.41) is 2.96. The fraction of sp³-hybridized carbons (Fsp3) is 0.538. The second-order valence-corrected chi connectivity index (χ2v) is 4.44. The van der Waals surface area contributed by atoms with Gasteiger partial charge in [-0.2, -0.15) is 0 Å². The van der Waals surface area contributed by atoms with Crippen molar-refractivity contribution in [3.63, 3.8) is 0 Å². The smallest absolute Gasteiger partial charge is 0.220 e. The lowest BCUT2D eigenvalue weighted by Gasteiger charge is -2.14. The van der Waals surface area contributed by atoms with Crippen molar-refractivity contribution in [1.82, 2.24) is 10.3 Å². The zero-order chi connectivity index (χ0) is 12.7. The number of rotatable bonds is 6. The maximum atomic E-state index is 11.6. The molecule has 0 bridgehead atoms. The summed E-state index contributed by atoms with van der Waals surface area (Å²) in [5.74, 6) is 0.0787. The number of aromatic nitrogens is 1. The summed E-state index contributed by atoms with van der Waals surface area (Å²) in [5.41, 5.74) is 6.70. The van der Waals surface area contributed by atoms with Gasteiger partial charge >= 0.3 is 0 Å². The van der Waals surface area contributed by atoms with Gasteiger partial charge in [-0.05, 0) is 44.4 Å². The van der Waals surface area contributed by atoms with E-state index in [4.69, 9.17) is 5.73 Å². The molecule has 0 spiro atoms. The first-order valence-electron chi connectivity index (χ1n) is 6.04. The van der Waals surface area contributed by atoms with E-state index in [1.807, 2.05) is 26.0 Å². The van der Waals surface area contributed by atoms with Crippen molar-refractivity contribution in [2.45, 2.75) is 45.2 Å². The van der Waals surface area contributed by atoms with Gasteiger partial charge in [-0.3, -0.25) is 9.78 Å².